The second-order valence-corrected chi connectivity index (χ2v) is 11.2. The number of hydrogen-bond acceptors (Lipinski definition) is 6. The molecule has 0 amide bonds. The predicted molar refractivity (Wildman–Crippen MR) is 137 cm³/mol. The maximum atomic E-state index is 13.2. The van der Waals surface area contributed by atoms with Crippen molar-refractivity contribution in [2.24, 2.45) is 29.6 Å². The molecule has 0 bridgehead atoms. The number of benzene rings is 2. The number of phenols is 1. The lowest BCUT2D eigenvalue weighted by molar-refractivity contribution is -0.195. The van der Waals surface area contributed by atoms with Crippen LogP contribution in [0.1, 0.15) is 51.2 Å². The van der Waals surface area contributed by atoms with Gasteiger partial charge in [0.1, 0.15) is 5.75 Å². The van der Waals surface area contributed by atoms with E-state index in [1.807, 2.05) is 18.2 Å². The van der Waals surface area contributed by atoms with Gasteiger partial charge in [0.05, 0.1) is 26.2 Å². The summed E-state index contributed by atoms with van der Waals surface area (Å²) in [6, 6.07) is 9.32. The molecule has 1 N–H and O–H groups in total. The molecule has 6 nitrogen and oxygen atoms in total. The zero-order valence-electron chi connectivity index (χ0n) is 22.0. The molecule has 194 valence electrons. The molecule has 1 heterocycles. The summed E-state index contributed by atoms with van der Waals surface area (Å²) < 4.78 is 23.9. The average molecular weight is 495 g/mol. The Bertz CT molecular complexity index is 1120. The summed E-state index contributed by atoms with van der Waals surface area (Å²) in [6.07, 6.45) is 4.04. The fourth-order valence-corrected chi connectivity index (χ4v) is 6.52. The minimum absolute atomic E-state index is 0.0878. The maximum Gasteiger partial charge on any atom is 0.312 e. The zero-order chi connectivity index (χ0) is 25.6. The second kappa shape index (κ2) is 9.97. The smallest absolute Gasteiger partial charge is 0.312 e. The summed E-state index contributed by atoms with van der Waals surface area (Å²) >= 11 is 0. The first-order valence-electron chi connectivity index (χ1n) is 13.2. The summed E-state index contributed by atoms with van der Waals surface area (Å²) in [7, 11) is 3.25. The van der Waals surface area contributed by atoms with Gasteiger partial charge in [0, 0.05) is 5.92 Å². The van der Waals surface area contributed by atoms with Crippen LogP contribution in [0.15, 0.2) is 30.3 Å². The van der Waals surface area contributed by atoms with E-state index in [0.717, 1.165) is 35.1 Å². The highest BCUT2D eigenvalue weighted by Crippen LogP contribution is 2.46. The largest absolute Gasteiger partial charge is 0.508 e. The maximum absolute atomic E-state index is 13.2. The molecule has 6 atom stereocenters. The van der Waals surface area contributed by atoms with Crippen LogP contribution in [0.5, 0.6) is 17.2 Å². The lowest BCUT2D eigenvalue weighted by Gasteiger charge is -2.39. The second-order valence-electron chi connectivity index (χ2n) is 11.2. The van der Waals surface area contributed by atoms with E-state index in [4.69, 9.17) is 18.9 Å². The van der Waals surface area contributed by atoms with Crippen molar-refractivity contribution in [2.45, 2.75) is 65.3 Å². The Morgan fingerprint density at radius 3 is 2.42 bits per heavy atom. The molecule has 0 aromatic heterocycles. The molecule has 0 radical (unpaired) electrons. The highest BCUT2D eigenvalue weighted by atomic mass is 16.7. The quantitative estimate of drug-likeness (QED) is 0.532. The van der Waals surface area contributed by atoms with Crippen molar-refractivity contribution < 1.29 is 28.8 Å². The van der Waals surface area contributed by atoms with Crippen LogP contribution in [-0.4, -0.2) is 37.7 Å². The van der Waals surface area contributed by atoms with Crippen molar-refractivity contribution in [3.8, 4) is 28.4 Å². The van der Waals surface area contributed by atoms with Crippen molar-refractivity contribution in [1.82, 2.24) is 0 Å². The van der Waals surface area contributed by atoms with Crippen LogP contribution in [0, 0.1) is 29.6 Å². The van der Waals surface area contributed by atoms with Crippen LogP contribution >= 0.6 is 0 Å². The fourth-order valence-electron chi connectivity index (χ4n) is 6.52. The first-order valence-corrected chi connectivity index (χ1v) is 13.2. The lowest BCUT2D eigenvalue weighted by atomic mass is 9.75. The number of phenolic OH excluding ortho intramolecular Hbond substituents is 1. The molecule has 2 fully saturated rings. The highest BCUT2D eigenvalue weighted by Gasteiger charge is 2.48. The number of carbonyl (C=O) groups is 1. The average Bonchev–Trinajstić information content (AvgIpc) is 3.11. The van der Waals surface area contributed by atoms with Gasteiger partial charge >= 0.3 is 5.97 Å². The minimum atomic E-state index is -0.571. The molecule has 6 heteroatoms. The normalized spacial score (nSPS) is 29.4. The van der Waals surface area contributed by atoms with Gasteiger partial charge in [0.2, 0.25) is 6.29 Å². The number of carbonyl (C=O) groups excluding carboxylic acids is 1. The third kappa shape index (κ3) is 4.56. The standard InChI is InChI=1S/C30H38O6/c1-16(2)21-9-6-17(3)10-26(21)35-30-25-12-19-13-27(33-4)28(34-5)15-23(19)22-14-20(31)8-7-18(22)11-24(25)29(32)36-30/h7-8,13-17,21,24-26,30-31H,6,9-12H2,1-5H3/t17?,21?,24-,25-,26?,30-/m1/s1. The van der Waals surface area contributed by atoms with Gasteiger partial charge in [-0.25, -0.2) is 0 Å². The molecular weight excluding hydrogens is 456 g/mol. The number of esters is 1. The van der Waals surface area contributed by atoms with E-state index in [0.29, 0.717) is 42.1 Å². The summed E-state index contributed by atoms with van der Waals surface area (Å²) in [5.41, 5.74) is 3.91. The van der Waals surface area contributed by atoms with Crippen molar-refractivity contribution in [1.29, 1.82) is 0 Å². The molecule has 2 aliphatic carbocycles. The SMILES string of the molecule is COc1cc2c(cc1OC)-c1cc(O)ccc1C[C@H]1C(=O)O[C@@H](OC3CC(C)CCC3C(C)C)[C@@H]1C2. The van der Waals surface area contributed by atoms with Crippen LogP contribution in [-0.2, 0) is 27.1 Å². The first kappa shape index (κ1) is 24.9. The third-order valence-corrected chi connectivity index (χ3v) is 8.56. The molecule has 2 aromatic rings. The number of hydrogen-bond donors (Lipinski definition) is 1. The minimum Gasteiger partial charge on any atom is -0.508 e. The molecule has 0 spiro atoms. The highest BCUT2D eigenvalue weighted by molar-refractivity contribution is 5.80. The van der Waals surface area contributed by atoms with Crippen LogP contribution in [0.4, 0.5) is 0 Å². The Morgan fingerprint density at radius 1 is 0.972 bits per heavy atom. The number of fused-ring (bicyclic) bond motifs is 4. The molecule has 1 saturated heterocycles. The first-order chi connectivity index (χ1) is 17.3. The van der Waals surface area contributed by atoms with Gasteiger partial charge in [-0.15, -0.1) is 0 Å². The molecule has 5 rings (SSSR count). The van der Waals surface area contributed by atoms with Gasteiger partial charge in [-0.3, -0.25) is 4.79 Å². The van der Waals surface area contributed by atoms with Crippen LogP contribution in [0.25, 0.3) is 11.1 Å². The Labute approximate surface area is 213 Å². The Morgan fingerprint density at radius 2 is 1.69 bits per heavy atom. The van der Waals surface area contributed by atoms with Gasteiger partial charge in [0.15, 0.2) is 11.5 Å². The molecule has 1 aliphatic heterocycles. The number of cyclic esters (lactones) is 1. The van der Waals surface area contributed by atoms with Crippen molar-refractivity contribution in [2.75, 3.05) is 14.2 Å². The molecule has 36 heavy (non-hydrogen) atoms. The van der Waals surface area contributed by atoms with E-state index >= 15 is 0 Å². The van der Waals surface area contributed by atoms with Crippen LogP contribution < -0.4 is 9.47 Å². The topological polar surface area (TPSA) is 74.2 Å². The number of aromatic hydroxyl groups is 1. The monoisotopic (exact) mass is 494 g/mol. The van der Waals surface area contributed by atoms with Crippen molar-refractivity contribution >= 4 is 5.97 Å². The van der Waals surface area contributed by atoms with Crippen LogP contribution in [0.3, 0.4) is 0 Å². The number of rotatable bonds is 5. The van der Waals surface area contributed by atoms with E-state index in [1.54, 1.807) is 26.4 Å². The van der Waals surface area contributed by atoms with Gasteiger partial charge in [-0.1, -0.05) is 33.3 Å². The van der Waals surface area contributed by atoms with E-state index < -0.39 is 6.29 Å². The van der Waals surface area contributed by atoms with Crippen molar-refractivity contribution in [3.05, 3.63) is 41.5 Å². The summed E-state index contributed by atoms with van der Waals surface area (Å²) in [6.45, 7) is 6.81. The summed E-state index contributed by atoms with van der Waals surface area (Å²) in [5.74, 6) is 2.43. The van der Waals surface area contributed by atoms with E-state index in [-0.39, 0.29) is 29.7 Å². The zero-order valence-corrected chi connectivity index (χ0v) is 22.0. The summed E-state index contributed by atoms with van der Waals surface area (Å²) in [4.78, 5) is 13.2. The molecule has 3 unspecified atom stereocenters. The van der Waals surface area contributed by atoms with Gasteiger partial charge < -0.3 is 24.1 Å². The van der Waals surface area contributed by atoms with Crippen molar-refractivity contribution in [3.63, 3.8) is 0 Å². The lowest BCUT2D eigenvalue weighted by Crippen LogP contribution is -2.39. The Kier molecular flexibility index (Phi) is 6.90. The van der Waals surface area contributed by atoms with Gasteiger partial charge in [-0.2, -0.15) is 0 Å². The molecule has 1 saturated carbocycles. The Balaban J connectivity index is 1.55. The predicted octanol–water partition coefficient (Wildman–Crippen LogP) is 5.77. The third-order valence-electron chi connectivity index (χ3n) is 8.56. The molecule has 3 aliphatic rings. The van der Waals surface area contributed by atoms with Gasteiger partial charge in [-0.05, 0) is 90.0 Å². The number of ether oxygens (including phenoxy) is 4. The Hall–Kier alpha value is -2.73. The van der Waals surface area contributed by atoms with E-state index in [9.17, 15) is 9.90 Å². The fraction of sp³-hybridized carbons (Fsp3) is 0.567. The van der Waals surface area contributed by atoms with E-state index in [2.05, 4.69) is 20.8 Å². The summed E-state index contributed by atoms with van der Waals surface area (Å²) in [5, 5.41) is 10.3. The van der Waals surface area contributed by atoms with E-state index in [1.165, 1.54) is 6.42 Å². The molecule has 2 aromatic carbocycles. The number of methoxy groups -OCH3 is 2. The van der Waals surface area contributed by atoms with Gasteiger partial charge in [0.25, 0.3) is 0 Å². The van der Waals surface area contributed by atoms with Crippen LogP contribution in [0.2, 0.25) is 0 Å². The molecular formula is C30H38O6.